The van der Waals surface area contributed by atoms with Gasteiger partial charge >= 0.3 is 0 Å². The van der Waals surface area contributed by atoms with Gasteiger partial charge < -0.3 is 22.1 Å². The van der Waals surface area contributed by atoms with Crippen LogP contribution in [-0.4, -0.2) is 38.3 Å². The number of unbranched alkanes of at least 4 members (excludes halogenated alkanes) is 1. The first-order chi connectivity index (χ1) is 7.63. The van der Waals surface area contributed by atoms with Gasteiger partial charge in [0, 0.05) is 12.1 Å². The van der Waals surface area contributed by atoms with Crippen LogP contribution in [0.3, 0.4) is 0 Å². The smallest absolute Gasteiger partial charge is 0.00225 e. The lowest BCUT2D eigenvalue weighted by molar-refractivity contribution is 0.539. The van der Waals surface area contributed by atoms with Crippen LogP contribution in [0.5, 0.6) is 0 Å². The summed E-state index contributed by atoms with van der Waals surface area (Å²) in [5.74, 6) is 0. The summed E-state index contributed by atoms with van der Waals surface area (Å²) in [7, 11) is 0. The fraction of sp³-hybridized carbons (Fsp3) is 1.00. The van der Waals surface area contributed by atoms with Gasteiger partial charge in [-0.3, -0.25) is 0 Å². The lowest BCUT2D eigenvalue weighted by Crippen LogP contribution is -2.26. The molecule has 0 aliphatic rings. The van der Waals surface area contributed by atoms with Crippen LogP contribution >= 0.6 is 0 Å². The van der Waals surface area contributed by atoms with Crippen molar-refractivity contribution < 1.29 is 0 Å². The Morgan fingerprint density at radius 3 is 1.44 bits per heavy atom. The average Bonchev–Trinajstić information content (AvgIpc) is 2.20. The molecule has 0 radical (unpaired) electrons. The summed E-state index contributed by atoms with van der Waals surface area (Å²) in [6.45, 7) is 8.36. The minimum absolute atomic E-state index is 0.312. The van der Waals surface area contributed by atoms with Crippen molar-refractivity contribution in [3.8, 4) is 0 Å². The van der Waals surface area contributed by atoms with Crippen LogP contribution in [0.25, 0.3) is 0 Å². The Balaban J connectivity index is 2.93. The van der Waals surface area contributed by atoms with E-state index in [9.17, 15) is 0 Å². The SMILES string of the molecule is C[C@H](N)CCNCCCCNCC[C@H](C)N. The Labute approximate surface area is 101 Å². The summed E-state index contributed by atoms with van der Waals surface area (Å²) in [5.41, 5.74) is 11.3. The highest BCUT2D eigenvalue weighted by Gasteiger charge is 1.94. The summed E-state index contributed by atoms with van der Waals surface area (Å²) < 4.78 is 0. The Hall–Kier alpha value is -0.160. The molecule has 4 nitrogen and oxygen atoms in total. The van der Waals surface area contributed by atoms with Crippen LogP contribution in [0.4, 0.5) is 0 Å². The molecule has 0 aromatic carbocycles. The van der Waals surface area contributed by atoms with E-state index in [2.05, 4.69) is 10.6 Å². The van der Waals surface area contributed by atoms with Crippen molar-refractivity contribution in [3.05, 3.63) is 0 Å². The maximum atomic E-state index is 5.65. The van der Waals surface area contributed by atoms with E-state index in [4.69, 9.17) is 11.5 Å². The fourth-order valence-corrected chi connectivity index (χ4v) is 1.41. The molecule has 0 saturated carbocycles. The van der Waals surface area contributed by atoms with Crippen molar-refractivity contribution in [1.82, 2.24) is 10.6 Å². The summed E-state index contributed by atoms with van der Waals surface area (Å²) in [5, 5.41) is 6.80. The van der Waals surface area contributed by atoms with Gasteiger partial charge in [0.25, 0.3) is 0 Å². The first-order valence-electron chi connectivity index (χ1n) is 6.55. The third-order valence-corrected chi connectivity index (χ3v) is 2.51. The van der Waals surface area contributed by atoms with Crippen LogP contribution in [0.2, 0.25) is 0 Å². The van der Waals surface area contributed by atoms with E-state index in [1.165, 1.54) is 12.8 Å². The molecule has 0 bridgehead atoms. The standard InChI is InChI=1S/C12H30N4/c1-11(13)5-9-15-7-3-4-8-16-10-6-12(2)14/h11-12,15-16H,3-10,13-14H2,1-2H3/t11-,12-/m0/s1. The first kappa shape index (κ1) is 15.8. The minimum atomic E-state index is 0.312. The van der Waals surface area contributed by atoms with E-state index in [-0.39, 0.29) is 0 Å². The van der Waals surface area contributed by atoms with Crippen molar-refractivity contribution in [2.75, 3.05) is 26.2 Å². The third-order valence-electron chi connectivity index (χ3n) is 2.51. The van der Waals surface area contributed by atoms with Crippen molar-refractivity contribution in [3.63, 3.8) is 0 Å². The van der Waals surface area contributed by atoms with Gasteiger partial charge in [-0.15, -0.1) is 0 Å². The summed E-state index contributed by atoms with van der Waals surface area (Å²) >= 11 is 0. The number of nitrogens with two attached hydrogens (primary N) is 2. The van der Waals surface area contributed by atoms with E-state index in [1.54, 1.807) is 0 Å². The molecule has 98 valence electrons. The molecule has 6 N–H and O–H groups in total. The normalized spacial score (nSPS) is 15.0. The Kier molecular flexibility index (Phi) is 11.2. The van der Waals surface area contributed by atoms with Gasteiger partial charge in [0.05, 0.1) is 0 Å². The lowest BCUT2D eigenvalue weighted by atomic mass is 10.2. The first-order valence-corrected chi connectivity index (χ1v) is 6.55. The molecule has 0 heterocycles. The molecule has 4 heteroatoms. The van der Waals surface area contributed by atoms with Gasteiger partial charge in [0.2, 0.25) is 0 Å². The van der Waals surface area contributed by atoms with Gasteiger partial charge in [-0.25, -0.2) is 0 Å². The topological polar surface area (TPSA) is 76.1 Å². The van der Waals surface area contributed by atoms with Gasteiger partial charge in [-0.05, 0) is 65.7 Å². The minimum Gasteiger partial charge on any atom is -0.328 e. The largest absolute Gasteiger partial charge is 0.328 e. The maximum absolute atomic E-state index is 5.65. The fourth-order valence-electron chi connectivity index (χ4n) is 1.41. The van der Waals surface area contributed by atoms with Crippen LogP contribution in [-0.2, 0) is 0 Å². The molecular formula is C12H30N4. The molecule has 0 aliphatic carbocycles. The second-order valence-electron chi connectivity index (χ2n) is 4.74. The highest BCUT2D eigenvalue weighted by atomic mass is 14.9. The Morgan fingerprint density at radius 1 is 0.750 bits per heavy atom. The molecule has 0 unspecified atom stereocenters. The Morgan fingerprint density at radius 2 is 1.12 bits per heavy atom. The van der Waals surface area contributed by atoms with Crippen LogP contribution < -0.4 is 22.1 Å². The average molecular weight is 230 g/mol. The van der Waals surface area contributed by atoms with Crippen LogP contribution in [0.1, 0.15) is 39.5 Å². The van der Waals surface area contributed by atoms with Gasteiger partial charge in [-0.2, -0.15) is 0 Å². The van der Waals surface area contributed by atoms with Crippen molar-refractivity contribution in [2.45, 2.75) is 51.6 Å². The van der Waals surface area contributed by atoms with E-state index in [0.29, 0.717) is 12.1 Å². The number of hydrogen-bond acceptors (Lipinski definition) is 4. The number of rotatable bonds is 11. The summed E-state index contributed by atoms with van der Waals surface area (Å²) in [4.78, 5) is 0. The zero-order chi connectivity index (χ0) is 12.2. The highest BCUT2D eigenvalue weighted by molar-refractivity contribution is 4.58. The molecule has 0 spiro atoms. The zero-order valence-corrected chi connectivity index (χ0v) is 11.0. The molecular weight excluding hydrogens is 200 g/mol. The van der Waals surface area contributed by atoms with Gasteiger partial charge in [0.15, 0.2) is 0 Å². The second-order valence-corrected chi connectivity index (χ2v) is 4.74. The summed E-state index contributed by atoms with van der Waals surface area (Å²) in [6.07, 6.45) is 4.58. The Bertz CT molecular complexity index is 121. The second kappa shape index (κ2) is 11.3. The monoisotopic (exact) mass is 230 g/mol. The molecule has 0 aliphatic heterocycles. The van der Waals surface area contributed by atoms with Gasteiger partial charge in [0.1, 0.15) is 0 Å². The van der Waals surface area contributed by atoms with Crippen molar-refractivity contribution in [2.24, 2.45) is 11.5 Å². The van der Waals surface area contributed by atoms with Crippen LogP contribution in [0.15, 0.2) is 0 Å². The molecule has 16 heavy (non-hydrogen) atoms. The molecule has 0 saturated heterocycles. The predicted octanol–water partition coefficient (Wildman–Crippen LogP) is 0.420. The molecule has 0 amide bonds. The van der Waals surface area contributed by atoms with E-state index < -0.39 is 0 Å². The zero-order valence-electron chi connectivity index (χ0n) is 11.0. The third kappa shape index (κ3) is 13.8. The van der Waals surface area contributed by atoms with E-state index in [1.807, 2.05) is 13.8 Å². The number of hydrogen-bond donors (Lipinski definition) is 4. The van der Waals surface area contributed by atoms with Crippen molar-refractivity contribution in [1.29, 1.82) is 0 Å². The lowest BCUT2D eigenvalue weighted by Gasteiger charge is -2.08. The number of nitrogens with one attached hydrogen (secondary N) is 2. The van der Waals surface area contributed by atoms with Crippen LogP contribution in [0, 0.1) is 0 Å². The van der Waals surface area contributed by atoms with E-state index in [0.717, 1.165) is 39.0 Å². The highest BCUT2D eigenvalue weighted by Crippen LogP contribution is 1.88. The van der Waals surface area contributed by atoms with Gasteiger partial charge in [-0.1, -0.05) is 0 Å². The van der Waals surface area contributed by atoms with Crippen molar-refractivity contribution >= 4 is 0 Å². The molecule has 0 aromatic heterocycles. The summed E-state index contributed by atoms with van der Waals surface area (Å²) in [6, 6.07) is 0.625. The molecule has 0 rings (SSSR count). The molecule has 0 fully saturated rings. The molecule has 0 aromatic rings. The van der Waals surface area contributed by atoms with E-state index >= 15 is 0 Å². The quantitative estimate of drug-likeness (QED) is 0.388. The maximum Gasteiger partial charge on any atom is 0.00225 e. The predicted molar refractivity (Wildman–Crippen MR) is 71.5 cm³/mol. The molecule has 2 atom stereocenters.